The van der Waals surface area contributed by atoms with Crippen molar-refractivity contribution in [3.05, 3.63) is 46.4 Å². The van der Waals surface area contributed by atoms with Crippen LogP contribution in [0.3, 0.4) is 0 Å². The number of carbonyl (C=O) groups is 1. The number of rotatable bonds is 2. The lowest BCUT2D eigenvalue weighted by Gasteiger charge is -2.20. The summed E-state index contributed by atoms with van der Waals surface area (Å²) in [6.07, 6.45) is 0.970. The van der Waals surface area contributed by atoms with Crippen LogP contribution in [-0.4, -0.2) is 11.8 Å². The highest BCUT2D eigenvalue weighted by molar-refractivity contribution is 9.10. The van der Waals surface area contributed by atoms with Crippen LogP contribution in [0.1, 0.15) is 31.9 Å². The molecule has 0 aromatic heterocycles. The third kappa shape index (κ3) is 3.69. The Balaban J connectivity index is 2.56. The zero-order valence-electron chi connectivity index (χ0n) is 13.2. The largest absolute Gasteiger partial charge is 0.514 e. The highest BCUT2D eigenvalue weighted by Crippen LogP contribution is 2.35. The van der Waals surface area contributed by atoms with Crippen molar-refractivity contribution in [2.24, 2.45) is 0 Å². The molecule has 0 saturated carbocycles. The quantitative estimate of drug-likeness (QED) is 0.495. The number of ether oxygens (including phenoxy) is 2. The van der Waals surface area contributed by atoms with E-state index in [0.29, 0.717) is 5.75 Å². The maximum atomic E-state index is 12.0. The first kappa shape index (κ1) is 16.6. The van der Waals surface area contributed by atoms with Crippen LogP contribution in [0.5, 0.6) is 5.75 Å². The number of aryl methyl sites for hydroxylation is 1. The predicted molar refractivity (Wildman–Crippen MR) is 93.3 cm³/mol. The van der Waals surface area contributed by atoms with E-state index in [1.165, 1.54) is 0 Å². The highest BCUT2D eigenvalue weighted by atomic mass is 79.9. The average molecular weight is 363 g/mol. The van der Waals surface area contributed by atoms with Crippen molar-refractivity contribution in [3.8, 4) is 5.75 Å². The number of hydrogen-bond acceptors (Lipinski definition) is 3. The second kappa shape index (κ2) is 6.13. The summed E-state index contributed by atoms with van der Waals surface area (Å²) in [6, 6.07) is 7.88. The fourth-order valence-electron chi connectivity index (χ4n) is 2.20. The van der Waals surface area contributed by atoms with E-state index >= 15 is 0 Å². The molecule has 116 valence electrons. The summed E-state index contributed by atoms with van der Waals surface area (Å²) in [4.78, 5) is 12.0. The van der Waals surface area contributed by atoms with Crippen LogP contribution in [0.2, 0.25) is 0 Å². The molecule has 0 atom stereocenters. The van der Waals surface area contributed by atoms with Crippen molar-refractivity contribution in [2.75, 3.05) is 0 Å². The highest BCUT2D eigenvalue weighted by Gasteiger charge is 2.21. The number of carbonyl (C=O) groups excluding carboxylic acids is 1. The van der Waals surface area contributed by atoms with Gasteiger partial charge in [-0.25, -0.2) is 4.79 Å². The summed E-state index contributed by atoms with van der Waals surface area (Å²) in [6.45, 7) is 11.2. The van der Waals surface area contributed by atoms with Crippen LogP contribution < -0.4 is 4.74 Å². The summed E-state index contributed by atoms with van der Waals surface area (Å²) < 4.78 is 11.7. The van der Waals surface area contributed by atoms with Crippen LogP contribution >= 0.6 is 15.9 Å². The molecule has 0 aliphatic carbocycles. The van der Waals surface area contributed by atoms with Gasteiger partial charge in [-0.05, 0) is 50.8 Å². The van der Waals surface area contributed by atoms with Gasteiger partial charge < -0.3 is 9.47 Å². The third-order valence-corrected chi connectivity index (χ3v) is 3.57. The van der Waals surface area contributed by atoms with Gasteiger partial charge in [-0.3, -0.25) is 0 Å². The first-order valence-corrected chi connectivity index (χ1v) is 7.76. The van der Waals surface area contributed by atoms with Crippen molar-refractivity contribution in [2.45, 2.75) is 33.3 Å². The Kier molecular flexibility index (Phi) is 4.61. The first-order chi connectivity index (χ1) is 10.2. The molecule has 0 N–H and O–H groups in total. The first-order valence-electron chi connectivity index (χ1n) is 6.97. The Morgan fingerprint density at radius 2 is 1.95 bits per heavy atom. The Bertz CT molecular complexity index is 742. The van der Waals surface area contributed by atoms with Crippen molar-refractivity contribution < 1.29 is 14.3 Å². The van der Waals surface area contributed by atoms with Crippen molar-refractivity contribution in [1.82, 2.24) is 0 Å². The van der Waals surface area contributed by atoms with Gasteiger partial charge in [0.25, 0.3) is 0 Å². The van der Waals surface area contributed by atoms with Gasteiger partial charge >= 0.3 is 6.16 Å². The molecular weight excluding hydrogens is 344 g/mol. The molecular formula is C18H19BrO3. The molecule has 2 aromatic carbocycles. The van der Waals surface area contributed by atoms with Gasteiger partial charge in [0.15, 0.2) is 0 Å². The third-order valence-electron chi connectivity index (χ3n) is 3.08. The molecule has 0 spiro atoms. The van der Waals surface area contributed by atoms with Crippen molar-refractivity contribution in [3.63, 3.8) is 0 Å². The molecule has 0 aliphatic rings. The summed E-state index contributed by atoms with van der Waals surface area (Å²) in [5, 5.41) is 1.82. The molecule has 0 heterocycles. The average Bonchev–Trinajstić information content (AvgIpc) is 2.37. The minimum atomic E-state index is -0.720. The number of benzene rings is 2. The van der Waals surface area contributed by atoms with E-state index in [4.69, 9.17) is 9.47 Å². The molecule has 2 rings (SSSR count). The van der Waals surface area contributed by atoms with Gasteiger partial charge in [-0.2, -0.15) is 0 Å². The van der Waals surface area contributed by atoms with Crippen LogP contribution in [0.4, 0.5) is 4.79 Å². The standard InChI is InChI=1S/C18H19BrO3/c1-6-14-11(2)9-12-7-8-13(19)10-15(12)16(14)21-17(20)22-18(3,4)5/h6-10H,1H2,2-5H3. The van der Waals surface area contributed by atoms with Gasteiger partial charge in [-0.15, -0.1) is 0 Å². The topological polar surface area (TPSA) is 35.5 Å². The summed E-state index contributed by atoms with van der Waals surface area (Å²) >= 11 is 3.45. The smallest absolute Gasteiger partial charge is 0.428 e. The predicted octanol–water partition coefficient (Wildman–Crippen LogP) is 5.87. The van der Waals surface area contributed by atoms with Gasteiger partial charge in [0.2, 0.25) is 0 Å². The van der Waals surface area contributed by atoms with Crippen LogP contribution in [0.15, 0.2) is 35.3 Å². The molecule has 3 nitrogen and oxygen atoms in total. The maximum Gasteiger partial charge on any atom is 0.514 e. The minimum Gasteiger partial charge on any atom is -0.428 e. The summed E-state index contributed by atoms with van der Waals surface area (Å²) in [5.41, 5.74) is 1.17. The van der Waals surface area contributed by atoms with Crippen LogP contribution in [0.25, 0.3) is 16.8 Å². The van der Waals surface area contributed by atoms with E-state index in [-0.39, 0.29) is 0 Å². The molecule has 0 fully saturated rings. The minimum absolute atomic E-state index is 0.473. The number of fused-ring (bicyclic) bond motifs is 1. The fraction of sp³-hybridized carbons (Fsp3) is 0.278. The Morgan fingerprint density at radius 1 is 1.27 bits per heavy atom. The van der Waals surface area contributed by atoms with Crippen molar-refractivity contribution >= 4 is 38.9 Å². The Labute approximate surface area is 139 Å². The summed E-state index contributed by atoms with van der Waals surface area (Å²) in [7, 11) is 0. The Hall–Kier alpha value is -1.81. The van der Waals surface area contributed by atoms with Gasteiger partial charge in [-0.1, -0.05) is 40.7 Å². The molecule has 0 radical (unpaired) electrons. The lowest BCUT2D eigenvalue weighted by molar-refractivity contribution is 0.0209. The van der Waals surface area contributed by atoms with Crippen LogP contribution in [-0.2, 0) is 4.74 Å². The molecule has 0 saturated heterocycles. The SMILES string of the molecule is C=Cc1c(C)cc2ccc(Br)cc2c1OC(=O)OC(C)(C)C. The maximum absolute atomic E-state index is 12.0. The van der Waals surface area contributed by atoms with E-state index in [0.717, 1.165) is 26.4 Å². The zero-order valence-corrected chi connectivity index (χ0v) is 14.8. The van der Waals surface area contributed by atoms with Gasteiger partial charge in [0.05, 0.1) is 0 Å². The van der Waals surface area contributed by atoms with Gasteiger partial charge in [0.1, 0.15) is 11.4 Å². The lowest BCUT2D eigenvalue weighted by Crippen LogP contribution is -2.26. The zero-order chi connectivity index (χ0) is 16.5. The molecule has 2 aromatic rings. The molecule has 0 unspecified atom stereocenters. The molecule has 4 heteroatoms. The number of halogens is 1. The molecule has 22 heavy (non-hydrogen) atoms. The lowest BCUT2D eigenvalue weighted by atomic mass is 10.0. The molecule has 0 amide bonds. The Morgan fingerprint density at radius 3 is 2.55 bits per heavy atom. The second-order valence-corrected chi connectivity index (χ2v) is 6.99. The van der Waals surface area contributed by atoms with E-state index < -0.39 is 11.8 Å². The van der Waals surface area contributed by atoms with E-state index in [1.54, 1.807) is 26.8 Å². The summed E-state index contributed by atoms with van der Waals surface area (Å²) in [5.74, 6) is 0.473. The molecule has 0 bridgehead atoms. The van der Waals surface area contributed by atoms with E-state index in [9.17, 15) is 4.79 Å². The number of hydrogen-bond donors (Lipinski definition) is 0. The molecule has 0 aliphatic heterocycles. The van der Waals surface area contributed by atoms with E-state index in [2.05, 4.69) is 22.5 Å². The van der Waals surface area contributed by atoms with E-state index in [1.807, 2.05) is 31.2 Å². The monoisotopic (exact) mass is 362 g/mol. The van der Waals surface area contributed by atoms with Crippen molar-refractivity contribution in [1.29, 1.82) is 0 Å². The second-order valence-electron chi connectivity index (χ2n) is 6.07. The normalized spacial score (nSPS) is 11.3. The van der Waals surface area contributed by atoms with Crippen LogP contribution in [0, 0.1) is 6.92 Å². The van der Waals surface area contributed by atoms with Gasteiger partial charge in [0, 0.05) is 15.4 Å². The fourth-order valence-corrected chi connectivity index (χ4v) is 2.57.